The number of nitrogens with zero attached hydrogens (tertiary/aromatic N) is 3. The van der Waals surface area contributed by atoms with Crippen molar-refractivity contribution in [2.24, 2.45) is 0 Å². The maximum absolute atomic E-state index is 5.59. The lowest BCUT2D eigenvalue weighted by molar-refractivity contribution is 0.633. The summed E-state index contributed by atoms with van der Waals surface area (Å²) in [5, 5.41) is 7.32. The minimum absolute atomic E-state index is 0.537. The molecule has 68 heavy (non-hydrogen) atoms. The molecule has 0 N–H and O–H groups in total. The third-order valence-corrected chi connectivity index (χ3v) is 15.4. The standard InChI is InChI=1S/C65H39N3/c1-2-19-40(20-3-1)61-66-62(41-37-38-46-44-23-5-4-21-42(44)43-22-6-7-24-45(43)52(46)39-41)68-63(67-61)51-29-18-28-50-49-27-10-13-32-55(49)65(60(50)51)58-35-16-14-33-56(58)64(57-34-15-17-36-59(57)65)53-30-11-8-25-47(53)48-26-9-12-31-54(48)64/h1-39H. The fourth-order valence-corrected chi connectivity index (χ4v) is 12.9. The van der Waals surface area contributed by atoms with Gasteiger partial charge in [-0.2, -0.15) is 0 Å². The van der Waals surface area contributed by atoms with Crippen molar-refractivity contribution < 1.29 is 0 Å². The molecule has 3 aliphatic carbocycles. The lowest BCUT2D eigenvalue weighted by Gasteiger charge is -2.49. The molecule has 0 atom stereocenters. The minimum atomic E-state index is -0.712. The van der Waals surface area contributed by atoms with E-state index in [4.69, 9.17) is 15.0 Å². The van der Waals surface area contributed by atoms with Gasteiger partial charge in [0.05, 0.1) is 10.8 Å². The Morgan fingerprint density at radius 2 is 0.588 bits per heavy atom. The molecule has 0 amide bonds. The van der Waals surface area contributed by atoms with Crippen LogP contribution in [0.15, 0.2) is 237 Å². The Balaban J connectivity index is 1.04. The van der Waals surface area contributed by atoms with E-state index in [1.807, 2.05) is 6.07 Å². The number of aromatic nitrogens is 3. The number of hydrogen-bond acceptors (Lipinski definition) is 3. The van der Waals surface area contributed by atoms with E-state index in [-0.39, 0.29) is 0 Å². The lowest BCUT2D eigenvalue weighted by atomic mass is 9.52. The predicted octanol–water partition coefficient (Wildman–Crippen LogP) is 15.4. The highest BCUT2D eigenvalue weighted by atomic mass is 15.0. The lowest BCUT2D eigenvalue weighted by Crippen LogP contribution is -2.44. The molecule has 0 unspecified atom stereocenters. The van der Waals surface area contributed by atoms with E-state index in [1.54, 1.807) is 0 Å². The third-order valence-electron chi connectivity index (χ3n) is 15.4. The molecular formula is C65H39N3. The van der Waals surface area contributed by atoms with Crippen molar-refractivity contribution in [2.45, 2.75) is 10.8 Å². The van der Waals surface area contributed by atoms with E-state index in [2.05, 4.69) is 231 Å². The van der Waals surface area contributed by atoms with Gasteiger partial charge in [0.25, 0.3) is 0 Å². The quantitative estimate of drug-likeness (QED) is 0.166. The summed E-state index contributed by atoms with van der Waals surface area (Å²) in [6.07, 6.45) is 0. The summed E-state index contributed by atoms with van der Waals surface area (Å²) in [5.74, 6) is 1.92. The van der Waals surface area contributed by atoms with Crippen LogP contribution in [0.5, 0.6) is 0 Å². The summed E-state index contributed by atoms with van der Waals surface area (Å²) in [6.45, 7) is 0. The van der Waals surface area contributed by atoms with Crippen molar-refractivity contribution in [1.82, 2.24) is 15.0 Å². The Morgan fingerprint density at radius 3 is 1.15 bits per heavy atom. The molecule has 0 aliphatic heterocycles. The first-order chi connectivity index (χ1) is 33.7. The van der Waals surface area contributed by atoms with Crippen molar-refractivity contribution in [2.75, 3.05) is 0 Å². The van der Waals surface area contributed by atoms with Crippen molar-refractivity contribution in [3.63, 3.8) is 0 Å². The highest BCUT2D eigenvalue weighted by Crippen LogP contribution is 2.68. The Kier molecular flexibility index (Phi) is 7.63. The predicted molar refractivity (Wildman–Crippen MR) is 277 cm³/mol. The molecule has 1 aromatic heterocycles. The van der Waals surface area contributed by atoms with Crippen molar-refractivity contribution in [3.8, 4) is 56.4 Å². The van der Waals surface area contributed by atoms with Gasteiger partial charge in [-0.1, -0.05) is 231 Å². The summed E-state index contributed by atoms with van der Waals surface area (Å²) < 4.78 is 0. The molecule has 3 nitrogen and oxygen atoms in total. The van der Waals surface area contributed by atoms with E-state index in [0.29, 0.717) is 17.5 Å². The van der Waals surface area contributed by atoms with E-state index in [9.17, 15) is 0 Å². The maximum atomic E-state index is 5.59. The molecular weight excluding hydrogens is 823 g/mol. The summed E-state index contributed by atoms with van der Waals surface area (Å²) in [7, 11) is 0. The number of benzene rings is 11. The highest BCUT2D eigenvalue weighted by molar-refractivity contribution is 6.25. The van der Waals surface area contributed by atoms with Crippen LogP contribution in [0.4, 0.5) is 0 Å². The van der Waals surface area contributed by atoms with Crippen LogP contribution in [0.3, 0.4) is 0 Å². The Bertz CT molecular complexity index is 3980. The van der Waals surface area contributed by atoms with E-state index in [1.165, 1.54) is 99.1 Å². The van der Waals surface area contributed by atoms with Gasteiger partial charge in [0.1, 0.15) is 0 Å². The Labute approximate surface area is 393 Å². The fourth-order valence-electron chi connectivity index (χ4n) is 12.9. The molecule has 3 aliphatic rings. The Morgan fingerprint density at radius 1 is 0.221 bits per heavy atom. The second kappa shape index (κ2) is 13.9. The molecule has 1 heterocycles. The molecule has 0 saturated carbocycles. The Hall–Kier alpha value is -8.79. The number of rotatable bonds is 3. The van der Waals surface area contributed by atoms with E-state index in [0.717, 1.165) is 16.7 Å². The second-order valence-corrected chi connectivity index (χ2v) is 18.5. The van der Waals surface area contributed by atoms with Crippen molar-refractivity contribution in [1.29, 1.82) is 0 Å². The maximum Gasteiger partial charge on any atom is 0.164 e. The van der Waals surface area contributed by atoms with Crippen LogP contribution in [0, 0.1) is 0 Å². The normalized spacial score (nSPS) is 14.1. The van der Waals surface area contributed by atoms with Crippen LogP contribution in [-0.4, -0.2) is 15.0 Å². The summed E-state index contributed by atoms with van der Waals surface area (Å²) in [5.41, 5.74) is 16.9. The first-order valence-electron chi connectivity index (χ1n) is 23.5. The van der Waals surface area contributed by atoms with Crippen LogP contribution >= 0.6 is 0 Å². The zero-order valence-corrected chi connectivity index (χ0v) is 36.9. The van der Waals surface area contributed by atoms with Gasteiger partial charge in [0.15, 0.2) is 17.5 Å². The van der Waals surface area contributed by atoms with Gasteiger partial charge in [0.2, 0.25) is 0 Å². The summed E-state index contributed by atoms with van der Waals surface area (Å²) >= 11 is 0. The van der Waals surface area contributed by atoms with Crippen molar-refractivity contribution >= 4 is 32.3 Å². The monoisotopic (exact) mass is 861 g/mol. The van der Waals surface area contributed by atoms with Gasteiger partial charge in [-0.15, -0.1) is 0 Å². The number of fused-ring (bicyclic) bond motifs is 22. The van der Waals surface area contributed by atoms with E-state index < -0.39 is 10.8 Å². The molecule has 0 fully saturated rings. The first kappa shape index (κ1) is 37.4. The highest BCUT2D eigenvalue weighted by Gasteiger charge is 2.59. The summed E-state index contributed by atoms with van der Waals surface area (Å²) in [6, 6.07) is 87.0. The van der Waals surface area contributed by atoms with Gasteiger partial charge in [0, 0.05) is 16.7 Å². The molecule has 15 rings (SSSR count). The number of hydrogen-bond donors (Lipinski definition) is 0. The molecule has 11 aromatic carbocycles. The van der Waals surface area contributed by atoms with Gasteiger partial charge >= 0.3 is 0 Å². The van der Waals surface area contributed by atoms with Crippen molar-refractivity contribution in [3.05, 3.63) is 281 Å². The first-order valence-corrected chi connectivity index (χ1v) is 23.5. The second-order valence-electron chi connectivity index (χ2n) is 18.5. The molecule has 2 spiro atoms. The van der Waals surface area contributed by atoms with Gasteiger partial charge < -0.3 is 0 Å². The largest absolute Gasteiger partial charge is 0.208 e. The zero-order valence-electron chi connectivity index (χ0n) is 36.9. The van der Waals surface area contributed by atoms with Gasteiger partial charge in [-0.05, 0) is 105 Å². The minimum Gasteiger partial charge on any atom is -0.208 e. The molecule has 0 radical (unpaired) electrons. The van der Waals surface area contributed by atoms with Gasteiger partial charge in [-0.25, -0.2) is 15.0 Å². The SMILES string of the molecule is c1ccc(-c2nc(-c3ccc4c5ccccc5c5ccccc5c4c3)nc(-c3cccc4c3C3(c5ccccc5-4)c4ccccc4C4(c5ccccc5-c5ccccc54)c4ccccc43)n2)cc1. The average Bonchev–Trinajstić information content (AvgIpc) is 3.89. The van der Waals surface area contributed by atoms with Crippen LogP contribution < -0.4 is 0 Å². The van der Waals surface area contributed by atoms with Crippen LogP contribution in [0.25, 0.3) is 88.7 Å². The molecule has 0 bridgehead atoms. The summed E-state index contributed by atoms with van der Waals surface area (Å²) in [4.78, 5) is 16.4. The smallest absolute Gasteiger partial charge is 0.164 e. The van der Waals surface area contributed by atoms with E-state index >= 15 is 0 Å². The molecule has 3 heteroatoms. The third kappa shape index (κ3) is 4.74. The molecule has 0 saturated heterocycles. The van der Waals surface area contributed by atoms with Crippen LogP contribution in [0.2, 0.25) is 0 Å². The topological polar surface area (TPSA) is 38.7 Å². The molecule has 314 valence electrons. The molecule has 12 aromatic rings. The van der Waals surface area contributed by atoms with Crippen LogP contribution in [0.1, 0.15) is 44.5 Å². The van der Waals surface area contributed by atoms with Crippen LogP contribution in [-0.2, 0) is 10.8 Å². The fraction of sp³-hybridized carbons (Fsp3) is 0.0308. The van der Waals surface area contributed by atoms with Gasteiger partial charge in [-0.3, -0.25) is 0 Å². The zero-order chi connectivity index (χ0) is 44.6. The average molecular weight is 862 g/mol.